The number of anilines is 1. The number of morpholine rings is 1. The Bertz CT molecular complexity index is 1000. The van der Waals surface area contributed by atoms with Crippen LogP contribution in [0.15, 0.2) is 48.5 Å². The second-order valence-corrected chi connectivity index (χ2v) is 11.0. The smallest absolute Gasteiger partial charge is 0.231 e. The molecule has 6 nitrogen and oxygen atoms in total. The van der Waals surface area contributed by atoms with Gasteiger partial charge in [-0.1, -0.05) is 29.8 Å². The molecule has 7 heteroatoms. The van der Waals surface area contributed by atoms with E-state index in [1.807, 2.05) is 12.1 Å². The van der Waals surface area contributed by atoms with E-state index in [1.165, 1.54) is 34.5 Å². The third-order valence-corrected chi connectivity index (χ3v) is 7.53. The molecule has 0 aromatic heterocycles. The zero-order valence-corrected chi connectivity index (χ0v) is 19.4. The summed E-state index contributed by atoms with van der Waals surface area (Å²) in [5, 5.41) is 0. The highest BCUT2D eigenvalue weighted by Crippen LogP contribution is 2.47. The number of sulfonamides is 1. The maximum absolute atomic E-state index is 11.7. The summed E-state index contributed by atoms with van der Waals surface area (Å²) in [7, 11) is -1.71. The minimum Gasteiger partial charge on any atom is -0.493 e. The molecule has 0 bridgehead atoms. The van der Waals surface area contributed by atoms with Gasteiger partial charge in [0.15, 0.2) is 0 Å². The molecule has 1 saturated carbocycles. The average Bonchev–Trinajstić information content (AvgIpc) is 3.51. The maximum Gasteiger partial charge on any atom is 0.231 e. The van der Waals surface area contributed by atoms with Crippen molar-refractivity contribution in [3.63, 3.8) is 0 Å². The van der Waals surface area contributed by atoms with E-state index in [-0.39, 0.29) is 11.5 Å². The molecule has 2 aromatic rings. The van der Waals surface area contributed by atoms with E-state index in [4.69, 9.17) is 9.47 Å². The van der Waals surface area contributed by atoms with Crippen molar-refractivity contribution in [2.75, 3.05) is 50.5 Å². The van der Waals surface area contributed by atoms with Crippen LogP contribution in [0.5, 0.6) is 5.75 Å². The Morgan fingerprint density at radius 2 is 1.94 bits per heavy atom. The summed E-state index contributed by atoms with van der Waals surface area (Å²) < 4.78 is 36.8. The maximum atomic E-state index is 11.7. The van der Waals surface area contributed by atoms with E-state index in [0.717, 1.165) is 32.0 Å². The van der Waals surface area contributed by atoms with E-state index in [0.29, 0.717) is 12.3 Å². The van der Waals surface area contributed by atoms with Gasteiger partial charge >= 0.3 is 0 Å². The first-order chi connectivity index (χ1) is 14.7. The van der Waals surface area contributed by atoms with Crippen molar-refractivity contribution in [1.29, 1.82) is 0 Å². The van der Waals surface area contributed by atoms with E-state index < -0.39 is 10.0 Å². The molecule has 1 aliphatic carbocycles. The normalized spacial score (nSPS) is 20.9. The molecule has 0 N–H and O–H groups in total. The summed E-state index contributed by atoms with van der Waals surface area (Å²) in [5.41, 5.74) is 3.35. The molecule has 0 amide bonds. The lowest BCUT2D eigenvalue weighted by molar-refractivity contribution is -0.0382. The molecule has 1 atom stereocenters. The van der Waals surface area contributed by atoms with E-state index in [2.05, 4.69) is 36.1 Å². The second-order valence-electron chi connectivity index (χ2n) is 9.02. The van der Waals surface area contributed by atoms with Gasteiger partial charge in [-0.3, -0.25) is 9.21 Å². The highest BCUT2D eigenvalue weighted by Gasteiger charge is 2.45. The Hall–Kier alpha value is -2.09. The highest BCUT2D eigenvalue weighted by molar-refractivity contribution is 7.92. The average molecular weight is 445 g/mol. The van der Waals surface area contributed by atoms with Gasteiger partial charge in [0, 0.05) is 32.1 Å². The van der Waals surface area contributed by atoms with Gasteiger partial charge in [-0.05, 0) is 49.6 Å². The van der Waals surface area contributed by atoms with Gasteiger partial charge in [0.25, 0.3) is 0 Å². The molecule has 1 aliphatic heterocycles. The Morgan fingerprint density at radius 1 is 1.19 bits per heavy atom. The van der Waals surface area contributed by atoms with Crippen molar-refractivity contribution in [2.45, 2.75) is 25.9 Å². The van der Waals surface area contributed by atoms with E-state index >= 15 is 0 Å². The molecule has 1 unspecified atom stereocenters. The standard InChI is InChI=1S/C24H32N2O4S/c1-19-5-4-6-20(15-19)23-16-26(13-14-29-23)17-24(11-12-24)18-30-22-9-7-21(8-10-22)25(2)31(3,27)28/h4-10,15,23H,11-14,16-18H2,1-3H3. The van der Waals surface area contributed by atoms with Crippen molar-refractivity contribution in [3.05, 3.63) is 59.7 Å². The second kappa shape index (κ2) is 8.81. The van der Waals surface area contributed by atoms with Gasteiger partial charge in [0.2, 0.25) is 10.0 Å². The van der Waals surface area contributed by atoms with Crippen molar-refractivity contribution in [2.24, 2.45) is 5.41 Å². The van der Waals surface area contributed by atoms with Gasteiger partial charge in [-0.2, -0.15) is 0 Å². The van der Waals surface area contributed by atoms with Crippen LogP contribution >= 0.6 is 0 Å². The van der Waals surface area contributed by atoms with Crippen LogP contribution in [0.1, 0.15) is 30.1 Å². The fourth-order valence-corrected chi connectivity index (χ4v) is 4.60. The molecular weight excluding hydrogens is 412 g/mol. The number of rotatable bonds is 8. The summed E-state index contributed by atoms with van der Waals surface area (Å²) in [6, 6.07) is 15.8. The third-order valence-electron chi connectivity index (χ3n) is 6.32. The van der Waals surface area contributed by atoms with Crippen molar-refractivity contribution in [1.82, 2.24) is 4.90 Å². The van der Waals surface area contributed by atoms with Gasteiger partial charge in [-0.25, -0.2) is 8.42 Å². The summed E-state index contributed by atoms with van der Waals surface area (Å²) in [5.74, 6) is 0.775. The molecule has 168 valence electrons. The van der Waals surface area contributed by atoms with Crippen LogP contribution in [-0.2, 0) is 14.8 Å². The minimum atomic E-state index is -3.26. The van der Waals surface area contributed by atoms with Crippen LogP contribution in [-0.4, -0.2) is 59.5 Å². The van der Waals surface area contributed by atoms with Gasteiger partial charge < -0.3 is 9.47 Å². The van der Waals surface area contributed by atoms with Crippen molar-refractivity contribution in [3.8, 4) is 5.75 Å². The van der Waals surface area contributed by atoms with Gasteiger partial charge in [0.05, 0.1) is 31.3 Å². The van der Waals surface area contributed by atoms with Crippen LogP contribution in [0, 0.1) is 12.3 Å². The Balaban J connectivity index is 1.32. The van der Waals surface area contributed by atoms with Crippen molar-refractivity contribution < 1.29 is 17.9 Å². The summed E-state index contributed by atoms with van der Waals surface area (Å²) in [4.78, 5) is 2.51. The molecule has 4 rings (SSSR count). The number of nitrogens with zero attached hydrogens (tertiary/aromatic N) is 2. The number of ether oxygens (including phenoxy) is 2. The molecule has 2 fully saturated rings. The quantitative estimate of drug-likeness (QED) is 0.622. The van der Waals surface area contributed by atoms with Crippen LogP contribution in [0.3, 0.4) is 0 Å². The zero-order valence-electron chi connectivity index (χ0n) is 18.6. The monoisotopic (exact) mass is 444 g/mol. The van der Waals surface area contributed by atoms with Crippen LogP contribution in [0.25, 0.3) is 0 Å². The van der Waals surface area contributed by atoms with Gasteiger partial charge in [-0.15, -0.1) is 0 Å². The van der Waals surface area contributed by atoms with E-state index in [1.54, 1.807) is 19.2 Å². The first-order valence-corrected chi connectivity index (χ1v) is 12.7. The lowest BCUT2D eigenvalue weighted by Crippen LogP contribution is -2.42. The molecule has 31 heavy (non-hydrogen) atoms. The lowest BCUT2D eigenvalue weighted by Gasteiger charge is -2.35. The summed E-state index contributed by atoms with van der Waals surface area (Å²) >= 11 is 0. The number of hydrogen-bond donors (Lipinski definition) is 0. The summed E-state index contributed by atoms with van der Waals surface area (Å²) in [6.45, 7) is 6.44. The Morgan fingerprint density at radius 3 is 2.58 bits per heavy atom. The fourth-order valence-electron chi connectivity index (χ4n) is 4.10. The SMILES string of the molecule is Cc1cccc(C2CN(CC3(COc4ccc(N(C)S(C)(=O)=O)cc4)CC3)CCO2)c1. The number of benzene rings is 2. The first-order valence-electron chi connectivity index (χ1n) is 10.8. The molecule has 2 aromatic carbocycles. The Kier molecular flexibility index (Phi) is 6.28. The van der Waals surface area contributed by atoms with Crippen LogP contribution in [0.2, 0.25) is 0 Å². The molecule has 0 radical (unpaired) electrons. The van der Waals surface area contributed by atoms with Crippen LogP contribution < -0.4 is 9.04 Å². The molecule has 2 aliphatic rings. The third kappa shape index (κ3) is 5.59. The number of aryl methyl sites for hydroxylation is 1. The predicted octanol–water partition coefficient (Wildman–Crippen LogP) is 3.62. The van der Waals surface area contributed by atoms with E-state index in [9.17, 15) is 8.42 Å². The summed E-state index contributed by atoms with van der Waals surface area (Å²) in [6.07, 6.45) is 3.68. The van der Waals surface area contributed by atoms with Crippen LogP contribution in [0.4, 0.5) is 5.69 Å². The predicted molar refractivity (Wildman–Crippen MR) is 123 cm³/mol. The largest absolute Gasteiger partial charge is 0.493 e. The minimum absolute atomic E-state index is 0.129. The topological polar surface area (TPSA) is 59.1 Å². The van der Waals surface area contributed by atoms with Gasteiger partial charge in [0.1, 0.15) is 5.75 Å². The highest BCUT2D eigenvalue weighted by atomic mass is 32.2. The number of hydrogen-bond acceptors (Lipinski definition) is 5. The molecule has 1 heterocycles. The lowest BCUT2D eigenvalue weighted by atomic mass is 10.0. The zero-order chi connectivity index (χ0) is 22.1. The first kappa shape index (κ1) is 22.1. The molecule has 1 saturated heterocycles. The Labute approximate surface area is 185 Å². The molecular formula is C24H32N2O4S. The molecule has 0 spiro atoms. The fraction of sp³-hybridized carbons (Fsp3) is 0.500. The van der Waals surface area contributed by atoms with Crippen molar-refractivity contribution >= 4 is 15.7 Å².